The largest absolute Gasteiger partial charge is 0.495 e. The zero-order valence-corrected chi connectivity index (χ0v) is 9.90. The van der Waals surface area contributed by atoms with E-state index in [2.05, 4.69) is 13.0 Å². The summed E-state index contributed by atoms with van der Waals surface area (Å²) in [5.74, 6) is 0.744. The molecule has 1 fully saturated rings. The molecule has 0 heterocycles. The Balaban J connectivity index is 2.53. The lowest BCUT2D eigenvalue weighted by Gasteiger charge is -2.17. The molecule has 0 aliphatic heterocycles. The first-order chi connectivity index (χ1) is 7.10. The van der Waals surface area contributed by atoms with Crippen molar-refractivity contribution in [3.8, 4) is 5.75 Å². The Morgan fingerprint density at radius 2 is 2.13 bits per heavy atom. The van der Waals surface area contributed by atoms with Gasteiger partial charge in [-0.3, -0.25) is 0 Å². The quantitative estimate of drug-likeness (QED) is 0.859. The van der Waals surface area contributed by atoms with Crippen molar-refractivity contribution in [3.05, 3.63) is 28.3 Å². The molecule has 0 aromatic heterocycles. The standard InChI is InChI=1S/C12H16ClNO/c1-3-8-6-9(12(14)4-5-12)11(15-2)10(13)7-8/h6-7H,3-5,14H2,1-2H3. The van der Waals surface area contributed by atoms with Crippen molar-refractivity contribution in [2.24, 2.45) is 5.73 Å². The third-order valence-corrected chi connectivity index (χ3v) is 3.32. The van der Waals surface area contributed by atoms with Gasteiger partial charge in [-0.2, -0.15) is 0 Å². The van der Waals surface area contributed by atoms with E-state index < -0.39 is 0 Å². The Kier molecular flexibility index (Phi) is 2.65. The predicted molar refractivity (Wildman–Crippen MR) is 62.5 cm³/mol. The van der Waals surface area contributed by atoms with Gasteiger partial charge in [-0.1, -0.05) is 24.6 Å². The Morgan fingerprint density at radius 1 is 1.47 bits per heavy atom. The molecule has 15 heavy (non-hydrogen) atoms. The molecule has 0 unspecified atom stereocenters. The lowest BCUT2D eigenvalue weighted by atomic mass is 10.0. The SMILES string of the molecule is CCc1cc(Cl)c(OC)c(C2(N)CC2)c1. The van der Waals surface area contributed by atoms with E-state index in [1.54, 1.807) is 7.11 Å². The van der Waals surface area contributed by atoms with Crippen LogP contribution in [0.15, 0.2) is 12.1 Å². The molecule has 1 aromatic carbocycles. The molecule has 1 aliphatic rings. The number of ether oxygens (including phenoxy) is 1. The highest BCUT2D eigenvalue weighted by molar-refractivity contribution is 6.32. The third kappa shape index (κ3) is 1.84. The molecule has 0 atom stereocenters. The molecule has 0 spiro atoms. The fraction of sp³-hybridized carbons (Fsp3) is 0.500. The lowest BCUT2D eigenvalue weighted by Crippen LogP contribution is -2.20. The van der Waals surface area contributed by atoms with Crippen LogP contribution in [-0.4, -0.2) is 7.11 Å². The average molecular weight is 226 g/mol. The van der Waals surface area contributed by atoms with Crippen molar-refractivity contribution < 1.29 is 4.74 Å². The number of nitrogens with two attached hydrogens (primary N) is 1. The highest BCUT2D eigenvalue weighted by Crippen LogP contribution is 2.48. The molecule has 1 aliphatic carbocycles. The van der Waals surface area contributed by atoms with Gasteiger partial charge in [-0.15, -0.1) is 0 Å². The number of halogens is 1. The van der Waals surface area contributed by atoms with E-state index in [4.69, 9.17) is 22.1 Å². The molecule has 0 bridgehead atoms. The van der Waals surface area contributed by atoms with Crippen molar-refractivity contribution in [1.29, 1.82) is 0 Å². The first-order valence-corrected chi connectivity index (χ1v) is 5.64. The minimum atomic E-state index is -0.194. The topological polar surface area (TPSA) is 35.2 Å². The fourth-order valence-electron chi connectivity index (χ4n) is 1.83. The molecule has 82 valence electrons. The van der Waals surface area contributed by atoms with Gasteiger partial charge in [0, 0.05) is 11.1 Å². The normalized spacial score (nSPS) is 17.6. The van der Waals surface area contributed by atoms with E-state index in [0.717, 1.165) is 30.6 Å². The van der Waals surface area contributed by atoms with Crippen LogP contribution in [0.25, 0.3) is 0 Å². The van der Waals surface area contributed by atoms with E-state index in [0.29, 0.717) is 5.02 Å². The summed E-state index contributed by atoms with van der Waals surface area (Å²) in [6, 6.07) is 4.08. The Morgan fingerprint density at radius 3 is 2.60 bits per heavy atom. The number of methoxy groups -OCH3 is 1. The van der Waals surface area contributed by atoms with Gasteiger partial charge in [-0.25, -0.2) is 0 Å². The summed E-state index contributed by atoms with van der Waals surface area (Å²) in [4.78, 5) is 0. The van der Waals surface area contributed by atoms with Crippen molar-refractivity contribution in [2.75, 3.05) is 7.11 Å². The van der Waals surface area contributed by atoms with Gasteiger partial charge < -0.3 is 10.5 Å². The van der Waals surface area contributed by atoms with Gasteiger partial charge in [0.15, 0.2) is 0 Å². The van der Waals surface area contributed by atoms with Crippen LogP contribution in [0.2, 0.25) is 5.02 Å². The van der Waals surface area contributed by atoms with Crippen molar-refractivity contribution in [2.45, 2.75) is 31.7 Å². The molecule has 3 heteroatoms. The van der Waals surface area contributed by atoms with Crippen LogP contribution in [0.4, 0.5) is 0 Å². The summed E-state index contributed by atoms with van der Waals surface area (Å²) >= 11 is 6.17. The first kappa shape index (κ1) is 10.8. The fourth-order valence-corrected chi connectivity index (χ4v) is 2.15. The highest BCUT2D eigenvalue weighted by atomic mass is 35.5. The maximum atomic E-state index is 6.20. The van der Waals surface area contributed by atoms with Crippen molar-refractivity contribution in [3.63, 3.8) is 0 Å². The van der Waals surface area contributed by atoms with E-state index >= 15 is 0 Å². The van der Waals surface area contributed by atoms with Crippen LogP contribution < -0.4 is 10.5 Å². The van der Waals surface area contributed by atoms with E-state index in [1.165, 1.54) is 5.56 Å². The molecule has 0 saturated heterocycles. The van der Waals surface area contributed by atoms with Crippen molar-refractivity contribution >= 4 is 11.6 Å². The zero-order valence-electron chi connectivity index (χ0n) is 9.14. The van der Waals surface area contributed by atoms with Gasteiger partial charge in [-0.05, 0) is 30.9 Å². The Hall–Kier alpha value is -0.730. The molecule has 0 radical (unpaired) electrons. The molecule has 1 aromatic rings. The van der Waals surface area contributed by atoms with Gasteiger partial charge in [0.05, 0.1) is 12.1 Å². The second kappa shape index (κ2) is 3.69. The minimum absolute atomic E-state index is 0.194. The van der Waals surface area contributed by atoms with E-state index in [-0.39, 0.29) is 5.54 Å². The van der Waals surface area contributed by atoms with Crippen LogP contribution in [0.3, 0.4) is 0 Å². The Labute approximate surface area is 95.4 Å². The minimum Gasteiger partial charge on any atom is -0.495 e. The first-order valence-electron chi connectivity index (χ1n) is 5.26. The van der Waals surface area contributed by atoms with Gasteiger partial charge in [0.1, 0.15) is 5.75 Å². The smallest absolute Gasteiger partial charge is 0.142 e. The lowest BCUT2D eigenvalue weighted by molar-refractivity contribution is 0.404. The summed E-state index contributed by atoms with van der Waals surface area (Å²) in [5, 5.41) is 0.670. The van der Waals surface area contributed by atoms with Crippen LogP contribution in [-0.2, 0) is 12.0 Å². The molecule has 2 rings (SSSR count). The second-order valence-corrected chi connectivity index (χ2v) is 4.58. The predicted octanol–water partition coefficient (Wildman–Crippen LogP) is 2.86. The molecular weight excluding hydrogens is 210 g/mol. The number of hydrogen-bond acceptors (Lipinski definition) is 2. The maximum absolute atomic E-state index is 6.20. The molecule has 2 nitrogen and oxygen atoms in total. The monoisotopic (exact) mass is 225 g/mol. The average Bonchev–Trinajstić information content (AvgIpc) is 2.96. The van der Waals surface area contributed by atoms with Crippen LogP contribution in [0.1, 0.15) is 30.9 Å². The van der Waals surface area contributed by atoms with Gasteiger partial charge >= 0.3 is 0 Å². The third-order valence-electron chi connectivity index (χ3n) is 3.04. The van der Waals surface area contributed by atoms with E-state index in [9.17, 15) is 0 Å². The summed E-state index contributed by atoms with van der Waals surface area (Å²) in [6.07, 6.45) is 3.01. The summed E-state index contributed by atoms with van der Waals surface area (Å²) in [5.41, 5.74) is 8.28. The number of hydrogen-bond donors (Lipinski definition) is 1. The molecule has 1 saturated carbocycles. The summed E-state index contributed by atoms with van der Waals surface area (Å²) < 4.78 is 5.33. The van der Waals surface area contributed by atoms with Crippen LogP contribution in [0, 0.1) is 0 Å². The van der Waals surface area contributed by atoms with E-state index in [1.807, 2.05) is 6.07 Å². The molecule has 0 amide bonds. The van der Waals surface area contributed by atoms with Crippen molar-refractivity contribution in [1.82, 2.24) is 0 Å². The van der Waals surface area contributed by atoms with Crippen LogP contribution in [0.5, 0.6) is 5.75 Å². The second-order valence-electron chi connectivity index (χ2n) is 4.17. The maximum Gasteiger partial charge on any atom is 0.142 e. The molecular formula is C12H16ClNO. The zero-order chi connectivity index (χ0) is 11.1. The summed E-state index contributed by atoms with van der Waals surface area (Å²) in [6.45, 7) is 2.11. The van der Waals surface area contributed by atoms with Crippen LogP contribution >= 0.6 is 11.6 Å². The number of aryl methyl sites for hydroxylation is 1. The highest BCUT2D eigenvalue weighted by Gasteiger charge is 2.42. The molecule has 2 N–H and O–H groups in total. The van der Waals surface area contributed by atoms with Gasteiger partial charge in [0.2, 0.25) is 0 Å². The van der Waals surface area contributed by atoms with Gasteiger partial charge in [0.25, 0.3) is 0 Å². The number of rotatable bonds is 3. The summed E-state index contributed by atoms with van der Waals surface area (Å²) in [7, 11) is 1.64. The number of benzene rings is 1. The Bertz CT molecular complexity index is 385.